The van der Waals surface area contributed by atoms with Crippen LogP contribution in [0.2, 0.25) is 0 Å². The van der Waals surface area contributed by atoms with E-state index in [9.17, 15) is 14.9 Å². The summed E-state index contributed by atoms with van der Waals surface area (Å²) in [5.41, 5.74) is 7.57. The van der Waals surface area contributed by atoms with E-state index in [0.29, 0.717) is 34.7 Å². The van der Waals surface area contributed by atoms with Crippen molar-refractivity contribution in [3.63, 3.8) is 0 Å². The number of carbonyl (C=O) groups is 1. The molecule has 21 heavy (non-hydrogen) atoms. The summed E-state index contributed by atoms with van der Waals surface area (Å²) >= 11 is 1.53. The molecule has 1 unspecified atom stereocenters. The Morgan fingerprint density at radius 1 is 1.57 bits per heavy atom. The highest BCUT2D eigenvalue weighted by Crippen LogP contribution is 2.26. The number of nitrogens with two attached hydrogens (primary N) is 1. The highest BCUT2D eigenvalue weighted by molar-refractivity contribution is 7.98. The number of methoxy groups -OCH3 is 1. The van der Waals surface area contributed by atoms with Crippen molar-refractivity contribution in [3.05, 3.63) is 33.1 Å². The molecule has 1 aromatic heterocycles. The van der Waals surface area contributed by atoms with Crippen LogP contribution in [-0.2, 0) is 15.3 Å². The van der Waals surface area contributed by atoms with Crippen LogP contribution in [0.15, 0.2) is 6.20 Å². The molecule has 0 aliphatic carbocycles. The van der Waals surface area contributed by atoms with Gasteiger partial charge < -0.3 is 10.5 Å². The van der Waals surface area contributed by atoms with Gasteiger partial charge in [-0.2, -0.15) is 11.8 Å². The van der Waals surface area contributed by atoms with Crippen molar-refractivity contribution in [1.29, 1.82) is 0 Å². The molecule has 116 valence electrons. The van der Waals surface area contributed by atoms with Crippen LogP contribution in [0.5, 0.6) is 0 Å². The van der Waals surface area contributed by atoms with E-state index in [4.69, 9.17) is 5.73 Å². The highest BCUT2D eigenvalue weighted by atomic mass is 32.2. The lowest BCUT2D eigenvalue weighted by atomic mass is 10.1. The van der Waals surface area contributed by atoms with Crippen molar-refractivity contribution in [1.82, 2.24) is 4.98 Å². The summed E-state index contributed by atoms with van der Waals surface area (Å²) < 4.78 is 4.54. The SMILES string of the molecule is COC(=O)C(N)CCSCc1ncc(C)c([N+](=O)[O-])c1C. The number of esters is 1. The number of hydrogen-bond donors (Lipinski definition) is 1. The summed E-state index contributed by atoms with van der Waals surface area (Å²) in [5, 5.41) is 11.0. The van der Waals surface area contributed by atoms with Gasteiger partial charge in [-0.3, -0.25) is 19.9 Å². The Morgan fingerprint density at radius 2 is 2.24 bits per heavy atom. The quantitative estimate of drug-likeness (QED) is 0.353. The van der Waals surface area contributed by atoms with Crippen LogP contribution in [0.3, 0.4) is 0 Å². The van der Waals surface area contributed by atoms with E-state index >= 15 is 0 Å². The number of nitrogens with zero attached hydrogens (tertiary/aromatic N) is 2. The molecule has 0 fully saturated rings. The maximum atomic E-state index is 11.1. The Hall–Kier alpha value is -1.67. The van der Waals surface area contributed by atoms with Crippen molar-refractivity contribution in [3.8, 4) is 0 Å². The van der Waals surface area contributed by atoms with Crippen molar-refractivity contribution >= 4 is 23.4 Å². The van der Waals surface area contributed by atoms with Crippen LogP contribution < -0.4 is 5.73 Å². The van der Waals surface area contributed by atoms with E-state index in [1.165, 1.54) is 25.1 Å². The zero-order valence-corrected chi connectivity index (χ0v) is 13.1. The molecule has 0 spiro atoms. The van der Waals surface area contributed by atoms with Crippen molar-refractivity contribution in [2.24, 2.45) is 5.73 Å². The topological polar surface area (TPSA) is 108 Å². The zero-order valence-electron chi connectivity index (χ0n) is 12.3. The summed E-state index contributed by atoms with van der Waals surface area (Å²) in [6.07, 6.45) is 2.01. The molecule has 1 atom stereocenters. The van der Waals surface area contributed by atoms with Crippen LogP contribution in [-0.4, -0.2) is 34.8 Å². The normalized spacial score (nSPS) is 12.0. The number of aromatic nitrogens is 1. The maximum Gasteiger partial charge on any atom is 0.322 e. The molecule has 0 radical (unpaired) electrons. The van der Waals surface area contributed by atoms with E-state index < -0.39 is 12.0 Å². The molecule has 1 heterocycles. The van der Waals surface area contributed by atoms with Crippen molar-refractivity contribution in [2.45, 2.75) is 32.1 Å². The maximum absolute atomic E-state index is 11.1. The molecule has 7 nitrogen and oxygen atoms in total. The van der Waals surface area contributed by atoms with Crippen molar-refractivity contribution < 1.29 is 14.5 Å². The smallest absolute Gasteiger partial charge is 0.322 e. The number of aryl methyl sites for hydroxylation is 1. The molecule has 1 rings (SSSR count). The fraction of sp³-hybridized carbons (Fsp3) is 0.538. The minimum absolute atomic E-state index is 0.117. The van der Waals surface area contributed by atoms with E-state index in [1.54, 1.807) is 13.8 Å². The fourth-order valence-corrected chi connectivity index (χ4v) is 2.89. The Kier molecular flexibility index (Phi) is 6.57. The lowest BCUT2D eigenvalue weighted by Gasteiger charge is -2.09. The summed E-state index contributed by atoms with van der Waals surface area (Å²) in [5.74, 6) is 0.760. The van der Waals surface area contributed by atoms with Gasteiger partial charge in [0.05, 0.1) is 17.7 Å². The molecule has 8 heteroatoms. The van der Waals surface area contributed by atoms with Gasteiger partial charge in [-0.25, -0.2) is 0 Å². The molecular formula is C13H19N3O4S. The number of nitro groups is 1. The second kappa shape index (κ2) is 7.94. The van der Waals surface area contributed by atoms with Gasteiger partial charge in [0.25, 0.3) is 5.69 Å². The first-order valence-corrected chi connectivity index (χ1v) is 7.54. The molecule has 1 aromatic rings. The van der Waals surface area contributed by atoms with Gasteiger partial charge in [-0.05, 0) is 26.0 Å². The van der Waals surface area contributed by atoms with E-state index in [1.807, 2.05) is 0 Å². The molecule has 0 aliphatic heterocycles. The monoisotopic (exact) mass is 313 g/mol. The third-order valence-corrected chi connectivity index (χ3v) is 4.08. The Morgan fingerprint density at radius 3 is 2.81 bits per heavy atom. The van der Waals surface area contributed by atoms with E-state index in [0.717, 1.165) is 0 Å². The summed E-state index contributed by atoms with van der Waals surface area (Å²) in [7, 11) is 1.30. The average molecular weight is 313 g/mol. The zero-order chi connectivity index (χ0) is 16.0. The van der Waals surface area contributed by atoms with Gasteiger partial charge in [0.2, 0.25) is 0 Å². The largest absolute Gasteiger partial charge is 0.468 e. The second-order valence-electron chi connectivity index (χ2n) is 4.59. The van der Waals surface area contributed by atoms with Gasteiger partial charge in [-0.15, -0.1) is 0 Å². The molecule has 0 amide bonds. The molecule has 0 aromatic carbocycles. The molecule has 0 bridgehead atoms. The average Bonchev–Trinajstić information content (AvgIpc) is 2.44. The van der Waals surface area contributed by atoms with Gasteiger partial charge in [0, 0.05) is 23.1 Å². The first-order valence-electron chi connectivity index (χ1n) is 6.39. The molecule has 0 saturated carbocycles. The minimum atomic E-state index is -0.635. The Labute approximate surface area is 127 Å². The lowest BCUT2D eigenvalue weighted by molar-refractivity contribution is -0.386. The Bertz CT molecular complexity index is 536. The number of thioether (sulfide) groups is 1. The fourth-order valence-electron chi connectivity index (χ4n) is 1.84. The predicted octanol–water partition coefficient (Wildman–Crippen LogP) is 1.73. The molecule has 0 aliphatic rings. The van der Waals surface area contributed by atoms with Crippen LogP contribution in [0.4, 0.5) is 5.69 Å². The minimum Gasteiger partial charge on any atom is -0.468 e. The second-order valence-corrected chi connectivity index (χ2v) is 5.69. The lowest BCUT2D eigenvalue weighted by Crippen LogP contribution is -2.31. The van der Waals surface area contributed by atoms with E-state index in [-0.39, 0.29) is 10.6 Å². The predicted molar refractivity (Wildman–Crippen MR) is 81.1 cm³/mol. The van der Waals surface area contributed by atoms with E-state index in [2.05, 4.69) is 9.72 Å². The standard InChI is InChI=1S/C13H19N3O4S/c1-8-6-15-11(9(2)12(8)16(18)19)7-21-5-4-10(14)13(17)20-3/h6,10H,4-5,7,14H2,1-3H3. The number of rotatable bonds is 7. The van der Waals surface area contributed by atoms with Gasteiger partial charge >= 0.3 is 5.97 Å². The first-order chi connectivity index (χ1) is 9.88. The third-order valence-electron chi connectivity index (χ3n) is 3.07. The van der Waals surface area contributed by atoms with Gasteiger partial charge in [-0.1, -0.05) is 0 Å². The van der Waals surface area contributed by atoms with Crippen molar-refractivity contribution in [2.75, 3.05) is 12.9 Å². The molecule has 0 saturated heterocycles. The number of hydrogen-bond acceptors (Lipinski definition) is 7. The first kappa shape index (κ1) is 17.4. The van der Waals surface area contributed by atoms with Crippen LogP contribution in [0, 0.1) is 24.0 Å². The third kappa shape index (κ3) is 4.68. The van der Waals surface area contributed by atoms with Crippen LogP contribution in [0.25, 0.3) is 0 Å². The molecule has 2 N–H and O–H groups in total. The summed E-state index contributed by atoms with van der Waals surface area (Å²) in [6, 6.07) is -0.635. The molecular weight excluding hydrogens is 294 g/mol. The van der Waals surface area contributed by atoms with Gasteiger partial charge in [0.1, 0.15) is 6.04 Å². The number of ether oxygens (including phenoxy) is 1. The highest BCUT2D eigenvalue weighted by Gasteiger charge is 2.19. The number of carbonyl (C=O) groups excluding carboxylic acids is 1. The van der Waals surface area contributed by atoms with Crippen LogP contribution >= 0.6 is 11.8 Å². The van der Waals surface area contributed by atoms with Gasteiger partial charge in [0.15, 0.2) is 0 Å². The Balaban J connectivity index is 2.59. The summed E-state index contributed by atoms with van der Waals surface area (Å²) in [6.45, 7) is 3.37. The summed E-state index contributed by atoms with van der Waals surface area (Å²) in [4.78, 5) is 26.0. The number of pyridine rings is 1. The van der Waals surface area contributed by atoms with Crippen LogP contribution in [0.1, 0.15) is 23.2 Å².